The highest BCUT2D eigenvalue weighted by atomic mass is 19.1. The summed E-state index contributed by atoms with van der Waals surface area (Å²) in [4.78, 5) is 19.1. The molecule has 0 fully saturated rings. The average Bonchev–Trinajstić information content (AvgIpc) is 2.79. The van der Waals surface area contributed by atoms with Crippen LogP contribution >= 0.6 is 0 Å². The van der Waals surface area contributed by atoms with E-state index >= 15 is 0 Å². The summed E-state index contributed by atoms with van der Waals surface area (Å²) in [6.45, 7) is 0. The summed E-state index contributed by atoms with van der Waals surface area (Å²) >= 11 is 0. The minimum atomic E-state index is -1.13. The lowest BCUT2D eigenvalue weighted by atomic mass is 10.2. The van der Waals surface area contributed by atoms with Crippen LogP contribution in [-0.4, -0.2) is 25.4 Å². The van der Waals surface area contributed by atoms with Crippen molar-refractivity contribution in [3.05, 3.63) is 54.4 Å². The molecule has 19 heavy (non-hydrogen) atoms. The van der Waals surface area contributed by atoms with Crippen LogP contribution in [0.15, 0.2) is 42.9 Å². The molecule has 1 N–H and O–H groups in total. The van der Waals surface area contributed by atoms with Crippen LogP contribution in [0, 0.1) is 5.82 Å². The molecule has 1 aromatic carbocycles. The van der Waals surface area contributed by atoms with Gasteiger partial charge in [-0.3, -0.25) is 9.38 Å². The number of aromatic carboxylic acids is 1. The molecule has 0 amide bonds. The van der Waals surface area contributed by atoms with Gasteiger partial charge >= 0.3 is 5.97 Å². The quantitative estimate of drug-likeness (QED) is 0.764. The molecule has 0 saturated heterocycles. The Bertz CT molecular complexity index is 765. The van der Waals surface area contributed by atoms with Gasteiger partial charge in [-0.2, -0.15) is 0 Å². The summed E-state index contributed by atoms with van der Waals surface area (Å²) < 4.78 is 14.5. The largest absolute Gasteiger partial charge is 0.476 e. The van der Waals surface area contributed by atoms with Crippen LogP contribution in [0.3, 0.4) is 0 Å². The first-order chi connectivity index (χ1) is 9.16. The number of aromatic nitrogens is 3. The van der Waals surface area contributed by atoms with E-state index in [1.807, 2.05) is 0 Å². The van der Waals surface area contributed by atoms with E-state index in [1.165, 1.54) is 24.5 Å². The number of benzene rings is 1. The minimum absolute atomic E-state index is 0.0765. The third-order valence-corrected chi connectivity index (χ3v) is 2.75. The standard InChI is InChI=1S/C13H8FN3O2/c14-9-3-1-8(2-4-9)12-16-11(13(18)19)10-7-15-5-6-17(10)12/h1-7H,(H,18,19). The van der Waals surface area contributed by atoms with E-state index in [4.69, 9.17) is 5.11 Å². The van der Waals surface area contributed by atoms with Gasteiger partial charge < -0.3 is 5.11 Å². The highest BCUT2D eigenvalue weighted by Gasteiger charge is 2.17. The summed E-state index contributed by atoms with van der Waals surface area (Å²) in [5.74, 6) is -1.04. The normalized spacial score (nSPS) is 10.8. The zero-order chi connectivity index (χ0) is 13.4. The van der Waals surface area contributed by atoms with Crippen LogP contribution in [0.1, 0.15) is 10.5 Å². The maximum Gasteiger partial charge on any atom is 0.356 e. The Labute approximate surface area is 107 Å². The second-order valence-corrected chi connectivity index (χ2v) is 3.93. The van der Waals surface area contributed by atoms with Crippen molar-refractivity contribution in [1.29, 1.82) is 0 Å². The van der Waals surface area contributed by atoms with E-state index < -0.39 is 5.97 Å². The first kappa shape index (κ1) is 11.3. The summed E-state index contributed by atoms with van der Waals surface area (Å²) in [5, 5.41) is 9.12. The Kier molecular flexibility index (Phi) is 2.49. The number of nitrogens with zero attached hydrogens (tertiary/aromatic N) is 3. The number of hydrogen-bond acceptors (Lipinski definition) is 3. The number of rotatable bonds is 2. The van der Waals surface area contributed by atoms with Crippen LogP contribution in [0.4, 0.5) is 4.39 Å². The molecule has 0 aliphatic rings. The molecule has 6 heteroatoms. The van der Waals surface area contributed by atoms with E-state index in [2.05, 4.69) is 9.97 Å². The van der Waals surface area contributed by atoms with Crippen LogP contribution < -0.4 is 0 Å². The summed E-state index contributed by atoms with van der Waals surface area (Å²) in [5.41, 5.74) is 0.955. The average molecular weight is 257 g/mol. The van der Waals surface area contributed by atoms with E-state index in [0.29, 0.717) is 16.9 Å². The SMILES string of the molecule is O=C(O)c1nc(-c2ccc(F)cc2)n2ccncc12. The molecule has 0 radical (unpaired) electrons. The number of carboxylic acid groups (broad SMARTS) is 1. The van der Waals surface area contributed by atoms with Gasteiger partial charge in [0.1, 0.15) is 11.6 Å². The number of carboxylic acids is 1. The number of carbonyl (C=O) groups is 1. The molecule has 0 aliphatic carbocycles. The van der Waals surface area contributed by atoms with Crippen LogP contribution in [0.2, 0.25) is 0 Å². The Morgan fingerprint density at radius 2 is 2.00 bits per heavy atom. The topological polar surface area (TPSA) is 67.5 Å². The van der Waals surface area contributed by atoms with Crippen molar-refractivity contribution >= 4 is 11.5 Å². The van der Waals surface area contributed by atoms with Crippen molar-refractivity contribution in [2.24, 2.45) is 0 Å². The smallest absolute Gasteiger partial charge is 0.356 e. The zero-order valence-electron chi connectivity index (χ0n) is 9.62. The molecule has 3 aromatic rings. The van der Waals surface area contributed by atoms with E-state index in [-0.39, 0.29) is 11.5 Å². The molecule has 0 unspecified atom stereocenters. The molecule has 0 saturated carbocycles. The van der Waals surface area contributed by atoms with Crippen molar-refractivity contribution in [2.45, 2.75) is 0 Å². The summed E-state index contributed by atoms with van der Waals surface area (Å²) in [6, 6.07) is 5.71. The highest BCUT2D eigenvalue weighted by molar-refractivity contribution is 5.94. The molecule has 3 rings (SSSR count). The van der Waals surface area contributed by atoms with Gasteiger partial charge in [-0.1, -0.05) is 0 Å². The monoisotopic (exact) mass is 257 g/mol. The molecule has 2 heterocycles. The number of hydrogen-bond donors (Lipinski definition) is 1. The Morgan fingerprint density at radius 1 is 1.26 bits per heavy atom. The van der Waals surface area contributed by atoms with Crippen molar-refractivity contribution in [3.63, 3.8) is 0 Å². The van der Waals surface area contributed by atoms with E-state index in [9.17, 15) is 9.18 Å². The second-order valence-electron chi connectivity index (χ2n) is 3.93. The lowest BCUT2D eigenvalue weighted by Crippen LogP contribution is -1.97. The molecule has 0 spiro atoms. The van der Waals surface area contributed by atoms with Crippen LogP contribution in [0.5, 0.6) is 0 Å². The third-order valence-electron chi connectivity index (χ3n) is 2.75. The number of imidazole rings is 1. The third kappa shape index (κ3) is 1.83. The zero-order valence-corrected chi connectivity index (χ0v) is 9.62. The molecule has 0 atom stereocenters. The van der Waals surface area contributed by atoms with Crippen molar-refractivity contribution in [3.8, 4) is 11.4 Å². The molecule has 94 valence electrons. The highest BCUT2D eigenvalue weighted by Crippen LogP contribution is 2.22. The van der Waals surface area contributed by atoms with Crippen molar-refractivity contribution in [1.82, 2.24) is 14.4 Å². The Hall–Kier alpha value is -2.76. The summed E-state index contributed by atoms with van der Waals surface area (Å²) in [6.07, 6.45) is 4.59. The lowest BCUT2D eigenvalue weighted by molar-refractivity contribution is 0.0693. The first-order valence-corrected chi connectivity index (χ1v) is 5.48. The second kappa shape index (κ2) is 4.16. The fraction of sp³-hybridized carbons (Fsp3) is 0. The van der Waals surface area contributed by atoms with Gasteiger partial charge in [0.15, 0.2) is 5.69 Å². The van der Waals surface area contributed by atoms with Gasteiger partial charge in [-0.15, -0.1) is 0 Å². The van der Waals surface area contributed by atoms with Gasteiger partial charge in [-0.05, 0) is 24.3 Å². The number of halogens is 1. The Morgan fingerprint density at radius 3 is 2.68 bits per heavy atom. The maximum absolute atomic E-state index is 12.9. The van der Waals surface area contributed by atoms with E-state index in [1.54, 1.807) is 22.7 Å². The predicted molar refractivity (Wildman–Crippen MR) is 65.3 cm³/mol. The summed E-state index contributed by atoms with van der Waals surface area (Å²) in [7, 11) is 0. The lowest BCUT2D eigenvalue weighted by Gasteiger charge is -2.00. The minimum Gasteiger partial charge on any atom is -0.476 e. The van der Waals surface area contributed by atoms with E-state index in [0.717, 1.165) is 0 Å². The molecule has 0 bridgehead atoms. The number of fused-ring (bicyclic) bond motifs is 1. The molecular weight excluding hydrogens is 249 g/mol. The van der Waals surface area contributed by atoms with Crippen LogP contribution in [-0.2, 0) is 0 Å². The van der Waals surface area contributed by atoms with Crippen molar-refractivity contribution in [2.75, 3.05) is 0 Å². The van der Waals surface area contributed by atoms with Gasteiger partial charge in [0.2, 0.25) is 0 Å². The molecule has 2 aromatic heterocycles. The van der Waals surface area contributed by atoms with Gasteiger partial charge in [0.25, 0.3) is 0 Å². The fourth-order valence-corrected chi connectivity index (χ4v) is 1.90. The molecular formula is C13H8FN3O2. The predicted octanol–water partition coefficient (Wildman–Crippen LogP) is 2.23. The van der Waals surface area contributed by atoms with Crippen molar-refractivity contribution < 1.29 is 14.3 Å². The fourth-order valence-electron chi connectivity index (χ4n) is 1.90. The van der Waals surface area contributed by atoms with Gasteiger partial charge in [0.05, 0.1) is 11.7 Å². The maximum atomic E-state index is 12.9. The van der Waals surface area contributed by atoms with Crippen LogP contribution in [0.25, 0.3) is 16.9 Å². The van der Waals surface area contributed by atoms with Gasteiger partial charge in [0, 0.05) is 18.0 Å². The first-order valence-electron chi connectivity index (χ1n) is 5.48. The van der Waals surface area contributed by atoms with Gasteiger partial charge in [-0.25, -0.2) is 14.2 Å². The molecule has 0 aliphatic heterocycles. The Balaban J connectivity index is 2.29. The molecule has 5 nitrogen and oxygen atoms in total.